The Morgan fingerprint density at radius 1 is 1.26 bits per heavy atom. The summed E-state index contributed by atoms with van der Waals surface area (Å²) in [5.74, 6) is -0.283. The van der Waals surface area contributed by atoms with Crippen molar-refractivity contribution < 1.29 is 13.5 Å². The smallest absolute Gasteiger partial charge is 0.437 e. The summed E-state index contributed by atoms with van der Waals surface area (Å²) in [6.45, 7) is 0.146. The summed E-state index contributed by atoms with van der Waals surface area (Å²) in [5, 5.41) is 4.65. The zero-order chi connectivity index (χ0) is 16.4. The summed E-state index contributed by atoms with van der Waals surface area (Å²) >= 11 is 5.97. The molecule has 0 N–H and O–H groups in total. The van der Waals surface area contributed by atoms with E-state index in [1.165, 1.54) is 31.4 Å². The highest BCUT2D eigenvalue weighted by atomic mass is 35.5. The monoisotopic (exact) mass is 334 g/mol. The molecule has 2 aromatic carbocycles. The molecular formula is C16H12ClFN2O3. The van der Waals surface area contributed by atoms with Crippen LogP contribution in [0.5, 0.6) is 5.75 Å². The molecule has 3 rings (SSSR count). The van der Waals surface area contributed by atoms with Gasteiger partial charge in [-0.25, -0.2) is 9.18 Å². The lowest BCUT2D eigenvalue weighted by Crippen LogP contribution is -2.17. The second-order valence-electron chi connectivity index (χ2n) is 4.79. The molecule has 3 aromatic rings. The molecule has 0 aliphatic heterocycles. The molecule has 0 unspecified atom stereocenters. The first-order chi connectivity index (χ1) is 11.1. The van der Waals surface area contributed by atoms with E-state index in [9.17, 15) is 9.18 Å². The Kier molecular flexibility index (Phi) is 4.16. The van der Waals surface area contributed by atoms with E-state index in [2.05, 4.69) is 5.10 Å². The molecule has 0 aliphatic rings. The van der Waals surface area contributed by atoms with Crippen molar-refractivity contribution in [1.82, 2.24) is 9.78 Å². The first kappa shape index (κ1) is 15.3. The lowest BCUT2D eigenvalue weighted by molar-refractivity contribution is 0.405. The van der Waals surface area contributed by atoms with Gasteiger partial charge in [-0.15, -0.1) is 5.10 Å². The normalized spacial score (nSPS) is 10.7. The fourth-order valence-electron chi connectivity index (χ4n) is 2.15. The van der Waals surface area contributed by atoms with Crippen LogP contribution >= 0.6 is 11.6 Å². The van der Waals surface area contributed by atoms with Crippen molar-refractivity contribution in [3.8, 4) is 17.2 Å². The highest BCUT2D eigenvalue weighted by Gasteiger charge is 2.13. The van der Waals surface area contributed by atoms with E-state index in [1.54, 1.807) is 18.2 Å². The minimum atomic E-state index is -0.619. The lowest BCUT2D eigenvalue weighted by atomic mass is 10.2. The third-order valence-electron chi connectivity index (χ3n) is 3.26. The Morgan fingerprint density at radius 2 is 2.00 bits per heavy atom. The molecule has 7 heteroatoms. The number of aromatic nitrogens is 2. The van der Waals surface area contributed by atoms with Crippen LogP contribution in [0.1, 0.15) is 5.56 Å². The Hall–Kier alpha value is -2.60. The molecule has 0 aliphatic carbocycles. The molecule has 0 amide bonds. The maximum absolute atomic E-state index is 13.0. The van der Waals surface area contributed by atoms with Crippen LogP contribution in [0.2, 0.25) is 5.02 Å². The first-order valence-corrected chi connectivity index (χ1v) is 7.11. The average Bonchev–Trinajstić information content (AvgIpc) is 2.89. The molecule has 1 aromatic heterocycles. The average molecular weight is 335 g/mol. The molecule has 23 heavy (non-hydrogen) atoms. The van der Waals surface area contributed by atoms with Gasteiger partial charge in [-0.1, -0.05) is 11.6 Å². The van der Waals surface area contributed by atoms with Crippen LogP contribution in [0.15, 0.2) is 51.7 Å². The second-order valence-corrected chi connectivity index (χ2v) is 5.23. The van der Waals surface area contributed by atoms with E-state index in [4.69, 9.17) is 20.8 Å². The zero-order valence-electron chi connectivity index (χ0n) is 12.1. The molecule has 118 valence electrons. The summed E-state index contributed by atoms with van der Waals surface area (Å²) in [5.41, 5.74) is 1.21. The van der Waals surface area contributed by atoms with E-state index in [-0.39, 0.29) is 18.3 Å². The third-order valence-corrected chi connectivity index (χ3v) is 3.50. The van der Waals surface area contributed by atoms with E-state index >= 15 is 0 Å². The standard InChI is InChI=1S/C16H12ClFN2O3/c1-22-14-7-4-12(17)8-11(14)9-20-16(21)23-15(19-20)10-2-5-13(18)6-3-10/h2-8H,9H2,1H3. The predicted molar refractivity (Wildman–Crippen MR) is 83.3 cm³/mol. The van der Waals surface area contributed by atoms with Crippen molar-refractivity contribution in [3.63, 3.8) is 0 Å². The van der Waals surface area contributed by atoms with Gasteiger partial charge in [0.1, 0.15) is 11.6 Å². The number of benzene rings is 2. The summed E-state index contributed by atoms with van der Waals surface area (Å²) in [4.78, 5) is 12.0. The van der Waals surface area contributed by atoms with Gasteiger partial charge in [-0.2, -0.15) is 4.68 Å². The molecule has 0 fully saturated rings. The second kappa shape index (κ2) is 6.26. The van der Waals surface area contributed by atoms with E-state index in [0.717, 1.165) is 4.68 Å². The largest absolute Gasteiger partial charge is 0.496 e. The van der Waals surface area contributed by atoms with Gasteiger partial charge < -0.3 is 9.15 Å². The molecule has 0 atom stereocenters. The predicted octanol–water partition coefficient (Wildman–Crippen LogP) is 3.35. The minimum Gasteiger partial charge on any atom is -0.496 e. The van der Waals surface area contributed by atoms with Gasteiger partial charge in [0.05, 0.1) is 13.7 Å². The maximum atomic E-state index is 13.0. The number of halogens is 2. The highest BCUT2D eigenvalue weighted by molar-refractivity contribution is 6.30. The zero-order valence-corrected chi connectivity index (χ0v) is 12.9. The molecule has 0 saturated heterocycles. The summed E-state index contributed by atoms with van der Waals surface area (Å²) < 4.78 is 24.5. The SMILES string of the molecule is COc1ccc(Cl)cc1Cn1nc(-c2ccc(F)cc2)oc1=O. The van der Waals surface area contributed by atoms with Gasteiger partial charge in [0.2, 0.25) is 5.89 Å². The van der Waals surface area contributed by atoms with Crippen molar-refractivity contribution in [2.75, 3.05) is 7.11 Å². The Labute approximate surface area is 135 Å². The van der Waals surface area contributed by atoms with Crippen LogP contribution < -0.4 is 10.5 Å². The molecule has 0 bridgehead atoms. The van der Waals surface area contributed by atoms with Crippen molar-refractivity contribution in [2.45, 2.75) is 6.54 Å². The fraction of sp³-hybridized carbons (Fsp3) is 0.125. The number of methoxy groups -OCH3 is 1. The molecule has 0 radical (unpaired) electrons. The third kappa shape index (κ3) is 3.27. The lowest BCUT2D eigenvalue weighted by Gasteiger charge is -2.07. The maximum Gasteiger partial charge on any atom is 0.437 e. The molecule has 1 heterocycles. The van der Waals surface area contributed by atoms with Crippen molar-refractivity contribution in [3.05, 3.63) is 69.4 Å². The van der Waals surface area contributed by atoms with Gasteiger partial charge in [-0.3, -0.25) is 0 Å². The van der Waals surface area contributed by atoms with Crippen LogP contribution in [0.3, 0.4) is 0 Å². The minimum absolute atomic E-state index is 0.121. The molecule has 0 saturated carbocycles. The van der Waals surface area contributed by atoms with E-state index < -0.39 is 5.76 Å². The fourth-order valence-corrected chi connectivity index (χ4v) is 2.34. The van der Waals surface area contributed by atoms with E-state index in [1.807, 2.05) is 0 Å². The van der Waals surface area contributed by atoms with Crippen molar-refractivity contribution >= 4 is 11.6 Å². The van der Waals surface area contributed by atoms with Crippen molar-refractivity contribution in [1.29, 1.82) is 0 Å². The van der Waals surface area contributed by atoms with Crippen LogP contribution in [-0.2, 0) is 6.54 Å². The Morgan fingerprint density at radius 3 is 2.70 bits per heavy atom. The Bertz CT molecular complexity index is 887. The van der Waals surface area contributed by atoms with Crippen molar-refractivity contribution in [2.24, 2.45) is 0 Å². The van der Waals surface area contributed by atoms with Crippen LogP contribution in [0.25, 0.3) is 11.5 Å². The number of rotatable bonds is 4. The van der Waals surface area contributed by atoms with Crippen LogP contribution in [0.4, 0.5) is 4.39 Å². The van der Waals surface area contributed by atoms with Crippen LogP contribution in [-0.4, -0.2) is 16.9 Å². The van der Waals surface area contributed by atoms with Crippen LogP contribution in [0, 0.1) is 5.82 Å². The number of hydrogen-bond donors (Lipinski definition) is 0. The number of nitrogens with zero attached hydrogens (tertiary/aromatic N) is 2. The quantitative estimate of drug-likeness (QED) is 0.734. The summed E-state index contributed by atoms with van der Waals surface area (Å²) in [6, 6.07) is 10.6. The van der Waals surface area contributed by atoms with E-state index in [0.29, 0.717) is 21.9 Å². The number of hydrogen-bond acceptors (Lipinski definition) is 4. The van der Waals surface area contributed by atoms with Gasteiger partial charge in [0, 0.05) is 16.1 Å². The number of ether oxygens (including phenoxy) is 1. The molecule has 0 spiro atoms. The first-order valence-electron chi connectivity index (χ1n) is 6.73. The van der Waals surface area contributed by atoms with Gasteiger partial charge in [0.25, 0.3) is 0 Å². The van der Waals surface area contributed by atoms with Gasteiger partial charge >= 0.3 is 5.76 Å². The molecular weight excluding hydrogens is 323 g/mol. The van der Waals surface area contributed by atoms with Gasteiger partial charge in [-0.05, 0) is 42.5 Å². The highest BCUT2D eigenvalue weighted by Crippen LogP contribution is 2.23. The Balaban J connectivity index is 1.94. The molecule has 5 nitrogen and oxygen atoms in total. The van der Waals surface area contributed by atoms with Gasteiger partial charge in [0.15, 0.2) is 0 Å². The topological polar surface area (TPSA) is 57.3 Å². The summed E-state index contributed by atoms with van der Waals surface area (Å²) in [6.07, 6.45) is 0. The summed E-state index contributed by atoms with van der Waals surface area (Å²) in [7, 11) is 1.53.